The predicted molar refractivity (Wildman–Crippen MR) is 106 cm³/mol. The number of thioether (sulfide) groups is 1. The summed E-state index contributed by atoms with van der Waals surface area (Å²) < 4.78 is 31.5. The average Bonchev–Trinajstić information content (AvgIpc) is 3.05. The Morgan fingerprint density at radius 1 is 1.21 bits per heavy atom. The highest BCUT2D eigenvalue weighted by Crippen LogP contribution is 2.24. The van der Waals surface area contributed by atoms with Gasteiger partial charge in [-0.15, -0.1) is 0 Å². The zero-order chi connectivity index (χ0) is 19.9. The number of nitrogens with one attached hydrogen (secondary N) is 1. The van der Waals surface area contributed by atoms with E-state index in [1.165, 1.54) is 17.8 Å². The Balaban J connectivity index is 1.52. The maximum Gasteiger partial charge on any atom is 0.387 e. The summed E-state index contributed by atoms with van der Waals surface area (Å²) in [5.41, 5.74) is 2.58. The predicted octanol–water partition coefficient (Wildman–Crippen LogP) is 4.11. The molecule has 0 spiro atoms. The molecule has 5 nitrogen and oxygen atoms in total. The van der Waals surface area contributed by atoms with Crippen LogP contribution in [0.5, 0.6) is 5.75 Å². The molecule has 0 aliphatic rings. The minimum atomic E-state index is -2.87. The van der Waals surface area contributed by atoms with Gasteiger partial charge in [-0.25, -0.2) is 4.98 Å². The number of carbonyl (C=O) groups is 1. The lowest BCUT2D eigenvalue weighted by Crippen LogP contribution is -2.27. The summed E-state index contributed by atoms with van der Waals surface area (Å²) in [7, 11) is 0. The second-order valence-electron chi connectivity index (χ2n) is 6.00. The maximum atomic E-state index is 12.4. The molecule has 3 aromatic rings. The first-order chi connectivity index (χ1) is 13.6. The first-order valence-electron chi connectivity index (χ1n) is 8.96. The summed E-state index contributed by atoms with van der Waals surface area (Å²) in [6.07, 6.45) is 0.409. The first-order valence-corrected chi connectivity index (χ1v) is 9.94. The zero-order valence-corrected chi connectivity index (χ0v) is 16.2. The number of ether oxygens (including phenoxy) is 1. The highest BCUT2D eigenvalue weighted by Gasteiger charge is 2.12. The second-order valence-corrected chi connectivity index (χ2v) is 6.94. The van der Waals surface area contributed by atoms with Crippen molar-refractivity contribution in [3.63, 3.8) is 0 Å². The van der Waals surface area contributed by atoms with E-state index < -0.39 is 6.61 Å². The Kier molecular flexibility index (Phi) is 6.86. The van der Waals surface area contributed by atoms with E-state index in [0.29, 0.717) is 18.5 Å². The normalized spacial score (nSPS) is 11.1. The number of carbonyl (C=O) groups excluding carboxylic acids is 1. The van der Waals surface area contributed by atoms with Crippen molar-refractivity contribution < 1.29 is 18.3 Å². The Morgan fingerprint density at radius 3 is 2.75 bits per heavy atom. The lowest BCUT2D eigenvalue weighted by Gasteiger charge is -2.11. The van der Waals surface area contributed by atoms with Crippen molar-refractivity contribution in [1.29, 1.82) is 0 Å². The minimum Gasteiger partial charge on any atom is -0.435 e. The Morgan fingerprint density at radius 2 is 1.96 bits per heavy atom. The van der Waals surface area contributed by atoms with Crippen molar-refractivity contribution in [3.8, 4) is 5.75 Å². The van der Waals surface area contributed by atoms with Crippen molar-refractivity contribution >= 4 is 28.7 Å². The van der Waals surface area contributed by atoms with Crippen LogP contribution in [0.1, 0.15) is 12.5 Å². The third-order valence-electron chi connectivity index (χ3n) is 4.17. The molecule has 2 aromatic carbocycles. The minimum absolute atomic E-state index is 0.132. The van der Waals surface area contributed by atoms with E-state index >= 15 is 0 Å². The van der Waals surface area contributed by atoms with Crippen LogP contribution in [-0.2, 0) is 17.8 Å². The van der Waals surface area contributed by atoms with Crippen LogP contribution in [0.15, 0.2) is 53.7 Å². The molecule has 0 unspecified atom stereocenters. The van der Waals surface area contributed by atoms with Crippen molar-refractivity contribution in [2.45, 2.75) is 31.7 Å². The van der Waals surface area contributed by atoms with E-state index in [-0.39, 0.29) is 17.4 Å². The van der Waals surface area contributed by atoms with Crippen LogP contribution in [0.4, 0.5) is 8.78 Å². The van der Waals surface area contributed by atoms with Crippen LogP contribution < -0.4 is 10.1 Å². The third-order valence-corrected chi connectivity index (χ3v) is 5.15. The van der Waals surface area contributed by atoms with Crippen LogP contribution in [0.3, 0.4) is 0 Å². The van der Waals surface area contributed by atoms with Gasteiger partial charge in [0.05, 0.1) is 16.8 Å². The van der Waals surface area contributed by atoms with Crippen molar-refractivity contribution in [2.75, 3.05) is 12.3 Å². The number of amides is 1. The van der Waals surface area contributed by atoms with Crippen LogP contribution >= 0.6 is 11.8 Å². The number of imidazole rings is 1. The highest BCUT2D eigenvalue weighted by atomic mass is 32.2. The molecule has 0 aliphatic carbocycles. The molecular weight excluding hydrogens is 384 g/mol. The zero-order valence-electron chi connectivity index (χ0n) is 15.4. The quantitative estimate of drug-likeness (QED) is 0.545. The molecule has 0 saturated heterocycles. The van der Waals surface area contributed by atoms with Gasteiger partial charge < -0.3 is 14.6 Å². The van der Waals surface area contributed by atoms with Gasteiger partial charge in [0.2, 0.25) is 5.91 Å². The smallest absolute Gasteiger partial charge is 0.387 e. The van der Waals surface area contributed by atoms with E-state index in [1.54, 1.807) is 18.2 Å². The highest BCUT2D eigenvalue weighted by molar-refractivity contribution is 7.99. The summed E-state index contributed by atoms with van der Waals surface area (Å²) in [5.74, 6) is 0.239. The number of aromatic nitrogens is 2. The van der Waals surface area contributed by atoms with Crippen LogP contribution in [0.25, 0.3) is 11.0 Å². The van der Waals surface area contributed by atoms with Gasteiger partial charge in [-0.2, -0.15) is 8.78 Å². The number of aryl methyl sites for hydroxylation is 1. The summed E-state index contributed by atoms with van der Waals surface area (Å²) in [6.45, 7) is 0.278. The number of benzene rings is 2. The van der Waals surface area contributed by atoms with Gasteiger partial charge in [0.15, 0.2) is 5.16 Å². The van der Waals surface area contributed by atoms with Crippen LogP contribution in [0, 0.1) is 0 Å². The lowest BCUT2D eigenvalue weighted by molar-refractivity contribution is -0.118. The fraction of sp³-hybridized carbons (Fsp3) is 0.300. The first kappa shape index (κ1) is 20.1. The molecule has 0 saturated carbocycles. The van der Waals surface area contributed by atoms with E-state index in [1.807, 2.05) is 31.2 Å². The molecule has 148 valence electrons. The number of alkyl halides is 2. The summed E-state index contributed by atoms with van der Waals surface area (Å²) in [6, 6.07) is 14.5. The van der Waals surface area contributed by atoms with Crippen LogP contribution in [0.2, 0.25) is 0 Å². The molecule has 1 N–H and O–H groups in total. The van der Waals surface area contributed by atoms with Crippen molar-refractivity contribution in [1.82, 2.24) is 14.9 Å². The summed E-state index contributed by atoms with van der Waals surface area (Å²) >= 11 is 1.38. The summed E-state index contributed by atoms with van der Waals surface area (Å²) in [5, 5.41) is 3.61. The molecular formula is C20H21F2N3O2S. The second kappa shape index (κ2) is 9.54. The molecule has 0 atom stereocenters. The fourth-order valence-electron chi connectivity index (χ4n) is 2.91. The average molecular weight is 405 g/mol. The standard InChI is InChI=1S/C20H21F2N3O2S/c1-2-25-16-9-5-4-8-15(16)24-20(25)28-13-18(26)23-12-11-14-7-3-6-10-17(14)27-19(21)22/h3-10,19H,2,11-13H2,1H3,(H,23,26). The van der Waals surface area contributed by atoms with Gasteiger partial charge in [-0.1, -0.05) is 42.1 Å². The van der Waals surface area contributed by atoms with Gasteiger partial charge in [0.25, 0.3) is 0 Å². The Bertz CT molecular complexity index is 946. The SMILES string of the molecule is CCn1c(SCC(=O)NCCc2ccccc2OC(F)F)nc2ccccc21. The van der Waals surface area contributed by atoms with Crippen molar-refractivity contribution in [2.24, 2.45) is 0 Å². The molecule has 0 bridgehead atoms. The van der Waals surface area contributed by atoms with E-state index in [0.717, 1.165) is 22.7 Å². The molecule has 8 heteroatoms. The van der Waals surface area contributed by atoms with Gasteiger partial charge >= 0.3 is 6.61 Å². The molecule has 1 heterocycles. The Hall–Kier alpha value is -2.61. The molecule has 1 aromatic heterocycles. The number of rotatable bonds is 9. The molecule has 3 rings (SSSR count). The van der Waals surface area contributed by atoms with Crippen molar-refractivity contribution in [3.05, 3.63) is 54.1 Å². The lowest BCUT2D eigenvalue weighted by atomic mass is 10.1. The fourth-order valence-corrected chi connectivity index (χ4v) is 3.82. The number of para-hydroxylation sites is 3. The van der Waals surface area contributed by atoms with Gasteiger partial charge in [-0.3, -0.25) is 4.79 Å². The van der Waals surface area contributed by atoms with E-state index in [4.69, 9.17) is 0 Å². The molecule has 0 fully saturated rings. The molecule has 1 amide bonds. The largest absolute Gasteiger partial charge is 0.435 e. The van der Waals surface area contributed by atoms with Gasteiger partial charge in [0.1, 0.15) is 5.75 Å². The number of hydrogen-bond donors (Lipinski definition) is 1. The number of nitrogens with zero attached hydrogens (tertiary/aromatic N) is 2. The topological polar surface area (TPSA) is 56.2 Å². The monoisotopic (exact) mass is 405 g/mol. The molecule has 0 aliphatic heterocycles. The number of halogens is 2. The number of hydrogen-bond acceptors (Lipinski definition) is 4. The third kappa shape index (κ3) is 5.01. The molecule has 28 heavy (non-hydrogen) atoms. The number of fused-ring (bicyclic) bond motifs is 1. The van der Waals surface area contributed by atoms with Gasteiger partial charge in [-0.05, 0) is 37.1 Å². The van der Waals surface area contributed by atoms with Crippen LogP contribution in [-0.4, -0.2) is 34.4 Å². The van der Waals surface area contributed by atoms with Gasteiger partial charge in [0, 0.05) is 13.1 Å². The molecule has 0 radical (unpaired) electrons. The maximum absolute atomic E-state index is 12.4. The van der Waals surface area contributed by atoms with E-state index in [9.17, 15) is 13.6 Å². The van der Waals surface area contributed by atoms with E-state index in [2.05, 4.69) is 19.6 Å². The summed E-state index contributed by atoms with van der Waals surface area (Å²) in [4.78, 5) is 16.7. The Labute approximate surface area is 166 Å².